The van der Waals surface area contributed by atoms with Gasteiger partial charge in [-0.05, 0) is 43.9 Å². The highest BCUT2D eigenvalue weighted by Crippen LogP contribution is 2.34. The Bertz CT molecular complexity index is 637. The molecule has 0 radical (unpaired) electrons. The average molecular weight is 358 g/mol. The molecule has 3 rings (SSSR count). The molecule has 1 saturated carbocycles. The lowest BCUT2D eigenvalue weighted by Gasteiger charge is -2.46. The summed E-state index contributed by atoms with van der Waals surface area (Å²) in [4.78, 5) is 30.1. The zero-order valence-corrected chi connectivity index (χ0v) is 16.1. The monoisotopic (exact) mass is 358 g/mol. The Kier molecular flexibility index (Phi) is 5.84. The van der Waals surface area contributed by atoms with Crippen molar-refractivity contribution in [2.24, 2.45) is 0 Å². The van der Waals surface area contributed by atoms with Crippen LogP contribution in [0.25, 0.3) is 0 Å². The van der Waals surface area contributed by atoms with Crippen molar-refractivity contribution in [2.45, 2.75) is 70.5 Å². The third-order valence-corrected chi connectivity index (χ3v) is 5.90. The first kappa shape index (κ1) is 18.7. The molecular formula is C21H30N2O3. The molecule has 0 aromatic heterocycles. The third kappa shape index (κ3) is 3.57. The maximum Gasteiger partial charge on any atom is 0.250 e. The van der Waals surface area contributed by atoms with E-state index in [1.165, 1.54) is 6.42 Å². The van der Waals surface area contributed by atoms with Gasteiger partial charge in [-0.15, -0.1) is 0 Å². The van der Waals surface area contributed by atoms with E-state index in [-0.39, 0.29) is 30.4 Å². The number of carbonyl (C=O) groups excluding carboxylic acids is 2. The summed E-state index contributed by atoms with van der Waals surface area (Å²) in [6.45, 7) is 4.31. The van der Waals surface area contributed by atoms with Crippen LogP contribution in [-0.2, 0) is 9.59 Å². The highest BCUT2D eigenvalue weighted by atomic mass is 16.5. The quantitative estimate of drug-likeness (QED) is 0.809. The maximum absolute atomic E-state index is 13.5. The third-order valence-electron chi connectivity index (χ3n) is 5.90. The minimum Gasteiger partial charge on any atom is -0.497 e. The summed E-state index contributed by atoms with van der Waals surface area (Å²) in [5.41, 5.74) is 0.866. The van der Waals surface area contributed by atoms with Crippen LogP contribution in [0, 0.1) is 0 Å². The molecule has 2 fully saturated rings. The van der Waals surface area contributed by atoms with Gasteiger partial charge in [0.2, 0.25) is 5.91 Å². The predicted octanol–water partition coefficient (Wildman–Crippen LogP) is 3.54. The molecule has 1 saturated heterocycles. The Balaban J connectivity index is 1.94. The molecular weight excluding hydrogens is 328 g/mol. The molecule has 142 valence electrons. The van der Waals surface area contributed by atoms with Gasteiger partial charge in [0.05, 0.1) is 7.11 Å². The van der Waals surface area contributed by atoms with Crippen LogP contribution in [0.15, 0.2) is 24.3 Å². The van der Waals surface area contributed by atoms with Crippen molar-refractivity contribution in [1.82, 2.24) is 9.80 Å². The van der Waals surface area contributed by atoms with Gasteiger partial charge in [-0.3, -0.25) is 9.59 Å². The molecule has 1 aliphatic heterocycles. The number of benzene rings is 1. The fourth-order valence-electron chi connectivity index (χ4n) is 4.21. The molecule has 2 amide bonds. The Morgan fingerprint density at radius 1 is 1.12 bits per heavy atom. The molecule has 26 heavy (non-hydrogen) atoms. The summed E-state index contributed by atoms with van der Waals surface area (Å²) in [7, 11) is 1.63. The molecule has 5 heteroatoms. The van der Waals surface area contributed by atoms with E-state index in [0.717, 1.165) is 43.4 Å². The molecule has 2 aliphatic rings. The maximum atomic E-state index is 13.5. The number of piperazine rings is 1. The summed E-state index contributed by atoms with van der Waals surface area (Å²) in [5.74, 6) is 0.884. The van der Waals surface area contributed by atoms with Crippen LogP contribution in [0.3, 0.4) is 0 Å². The summed E-state index contributed by atoms with van der Waals surface area (Å²) in [5, 5.41) is 0. The second kappa shape index (κ2) is 8.11. The van der Waals surface area contributed by atoms with Crippen LogP contribution in [0.4, 0.5) is 0 Å². The van der Waals surface area contributed by atoms with E-state index < -0.39 is 6.04 Å². The molecule has 5 nitrogen and oxygen atoms in total. The first-order valence-corrected chi connectivity index (χ1v) is 9.82. The van der Waals surface area contributed by atoms with Gasteiger partial charge in [0.15, 0.2) is 0 Å². The van der Waals surface area contributed by atoms with Crippen LogP contribution in [0.5, 0.6) is 5.75 Å². The fraction of sp³-hybridized carbons (Fsp3) is 0.619. The number of hydrogen-bond donors (Lipinski definition) is 0. The van der Waals surface area contributed by atoms with E-state index in [0.29, 0.717) is 0 Å². The molecule has 1 aromatic carbocycles. The Morgan fingerprint density at radius 3 is 2.35 bits per heavy atom. The van der Waals surface area contributed by atoms with Crippen LogP contribution >= 0.6 is 0 Å². The second-order valence-electron chi connectivity index (χ2n) is 7.49. The van der Waals surface area contributed by atoms with E-state index in [2.05, 4.69) is 6.92 Å². The Morgan fingerprint density at radius 2 is 1.77 bits per heavy atom. The number of nitrogens with zero attached hydrogens (tertiary/aromatic N) is 2. The van der Waals surface area contributed by atoms with Gasteiger partial charge in [-0.1, -0.05) is 38.3 Å². The topological polar surface area (TPSA) is 49.9 Å². The standard InChI is InChI=1S/C21H30N2O3/c1-4-15(2)23-19(24)14-22(17-8-6-5-7-9-17)21(25)20(23)16-10-12-18(26-3)13-11-16/h10-13,15,17,20H,4-9,14H2,1-3H3. The molecule has 0 N–H and O–H groups in total. The normalized spacial score (nSPS) is 23.3. The number of carbonyl (C=O) groups is 2. The minimum absolute atomic E-state index is 0.0343. The molecule has 2 unspecified atom stereocenters. The second-order valence-corrected chi connectivity index (χ2v) is 7.49. The summed E-state index contributed by atoms with van der Waals surface area (Å²) >= 11 is 0. The van der Waals surface area contributed by atoms with Gasteiger partial charge in [-0.2, -0.15) is 0 Å². The van der Waals surface area contributed by atoms with Crippen molar-refractivity contribution in [1.29, 1.82) is 0 Å². The average Bonchev–Trinajstić information content (AvgIpc) is 2.69. The minimum atomic E-state index is -0.529. The highest BCUT2D eigenvalue weighted by molar-refractivity contribution is 5.96. The van der Waals surface area contributed by atoms with Crippen molar-refractivity contribution in [3.8, 4) is 5.75 Å². The first-order chi connectivity index (χ1) is 12.6. The molecule has 2 atom stereocenters. The lowest BCUT2D eigenvalue weighted by Crippen LogP contribution is -2.60. The van der Waals surface area contributed by atoms with E-state index in [9.17, 15) is 9.59 Å². The van der Waals surface area contributed by atoms with Gasteiger partial charge in [0.25, 0.3) is 5.91 Å². The van der Waals surface area contributed by atoms with Crippen LogP contribution < -0.4 is 4.74 Å². The Hall–Kier alpha value is -2.04. The van der Waals surface area contributed by atoms with Crippen molar-refractivity contribution in [3.05, 3.63) is 29.8 Å². The van der Waals surface area contributed by atoms with Gasteiger partial charge in [-0.25, -0.2) is 0 Å². The smallest absolute Gasteiger partial charge is 0.250 e. The lowest BCUT2D eigenvalue weighted by molar-refractivity contribution is -0.161. The molecule has 1 heterocycles. The number of methoxy groups -OCH3 is 1. The van der Waals surface area contributed by atoms with Crippen LogP contribution in [-0.4, -0.2) is 47.4 Å². The van der Waals surface area contributed by atoms with E-state index >= 15 is 0 Å². The Labute approximate surface area is 156 Å². The van der Waals surface area contributed by atoms with Crippen molar-refractivity contribution >= 4 is 11.8 Å². The number of amides is 2. The predicted molar refractivity (Wildman–Crippen MR) is 101 cm³/mol. The SMILES string of the molecule is CCC(C)N1C(=O)CN(C2CCCCC2)C(=O)C1c1ccc(OC)cc1. The zero-order valence-electron chi connectivity index (χ0n) is 16.1. The lowest BCUT2D eigenvalue weighted by atomic mass is 9.91. The van der Waals surface area contributed by atoms with E-state index in [1.54, 1.807) is 12.0 Å². The molecule has 1 aromatic rings. The number of hydrogen-bond acceptors (Lipinski definition) is 3. The van der Waals surface area contributed by atoms with Crippen LogP contribution in [0.2, 0.25) is 0 Å². The van der Waals surface area contributed by atoms with Gasteiger partial charge in [0, 0.05) is 12.1 Å². The van der Waals surface area contributed by atoms with E-state index in [4.69, 9.17) is 4.74 Å². The highest BCUT2D eigenvalue weighted by Gasteiger charge is 2.44. The largest absolute Gasteiger partial charge is 0.497 e. The molecule has 0 bridgehead atoms. The van der Waals surface area contributed by atoms with Crippen molar-refractivity contribution in [3.63, 3.8) is 0 Å². The van der Waals surface area contributed by atoms with Crippen molar-refractivity contribution < 1.29 is 14.3 Å². The fourth-order valence-corrected chi connectivity index (χ4v) is 4.21. The number of rotatable bonds is 5. The molecule has 1 aliphatic carbocycles. The molecule has 0 spiro atoms. The van der Waals surface area contributed by atoms with Gasteiger partial charge >= 0.3 is 0 Å². The zero-order chi connectivity index (χ0) is 18.7. The summed E-state index contributed by atoms with van der Waals surface area (Å²) in [6, 6.07) is 7.26. The van der Waals surface area contributed by atoms with Gasteiger partial charge in [0.1, 0.15) is 18.3 Å². The van der Waals surface area contributed by atoms with Crippen LogP contribution in [0.1, 0.15) is 64.0 Å². The first-order valence-electron chi connectivity index (χ1n) is 9.82. The van der Waals surface area contributed by atoms with E-state index in [1.807, 2.05) is 36.1 Å². The number of ether oxygens (including phenoxy) is 1. The van der Waals surface area contributed by atoms with Crippen molar-refractivity contribution in [2.75, 3.05) is 13.7 Å². The summed E-state index contributed by atoms with van der Waals surface area (Å²) < 4.78 is 5.24. The summed E-state index contributed by atoms with van der Waals surface area (Å²) in [6.07, 6.45) is 6.37. The van der Waals surface area contributed by atoms with Gasteiger partial charge < -0.3 is 14.5 Å².